The molecule has 3 nitrogen and oxygen atoms in total. The second-order valence-electron chi connectivity index (χ2n) is 4.94. The average molecular weight is 350 g/mol. The lowest BCUT2D eigenvalue weighted by Gasteiger charge is -2.24. The van der Waals surface area contributed by atoms with Gasteiger partial charge in [0.2, 0.25) is 5.91 Å². The predicted octanol–water partition coefficient (Wildman–Crippen LogP) is 3.78. The van der Waals surface area contributed by atoms with Gasteiger partial charge in [-0.1, -0.05) is 18.2 Å². The third-order valence-electron chi connectivity index (χ3n) is 3.44. The molecule has 1 unspecified atom stereocenters. The molecule has 0 saturated carbocycles. The first-order chi connectivity index (χ1) is 10.1. The number of hydrogen-bond donors (Lipinski definition) is 1. The Morgan fingerprint density at radius 1 is 1.29 bits per heavy atom. The molecule has 1 heterocycles. The van der Waals surface area contributed by atoms with Crippen molar-refractivity contribution < 1.29 is 13.9 Å². The summed E-state index contributed by atoms with van der Waals surface area (Å²) in [7, 11) is 0. The van der Waals surface area contributed by atoms with Gasteiger partial charge in [0.05, 0.1) is 10.4 Å². The van der Waals surface area contributed by atoms with Gasteiger partial charge in [-0.25, -0.2) is 4.39 Å². The lowest BCUT2D eigenvalue weighted by atomic mass is 9.96. The highest BCUT2D eigenvalue weighted by Gasteiger charge is 2.25. The molecule has 0 bridgehead atoms. The summed E-state index contributed by atoms with van der Waals surface area (Å²) in [6, 6.07) is 12.1. The number of benzene rings is 2. The van der Waals surface area contributed by atoms with Crippen molar-refractivity contribution >= 4 is 27.5 Å². The molecule has 0 aromatic heterocycles. The molecular formula is C16H13BrFNO2. The molecule has 1 atom stereocenters. The van der Waals surface area contributed by atoms with E-state index in [1.165, 1.54) is 12.1 Å². The fourth-order valence-electron chi connectivity index (χ4n) is 2.31. The molecule has 0 fully saturated rings. The van der Waals surface area contributed by atoms with E-state index in [0.717, 1.165) is 11.3 Å². The van der Waals surface area contributed by atoms with Crippen molar-refractivity contribution in [2.24, 2.45) is 5.92 Å². The molecule has 2 aromatic rings. The van der Waals surface area contributed by atoms with Crippen LogP contribution in [0, 0.1) is 11.7 Å². The van der Waals surface area contributed by atoms with Gasteiger partial charge in [-0.2, -0.15) is 0 Å². The Hall–Kier alpha value is -1.88. The molecule has 108 valence electrons. The number of carbonyl (C=O) groups excluding carboxylic acids is 1. The highest BCUT2D eigenvalue weighted by atomic mass is 79.9. The average Bonchev–Trinajstić information content (AvgIpc) is 2.50. The summed E-state index contributed by atoms with van der Waals surface area (Å²) < 4.78 is 19.1. The maximum atomic E-state index is 13.2. The van der Waals surface area contributed by atoms with Gasteiger partial charge < -0.3 is 10.1 Å². The van der Waals surface area contributed by atoms with Crippen LogP contribution in [0.15, 0.2) is 46.9 Å². The van der Waals surface area contributed by atoms with Crippen LogP contribution in [0.5, 0.6) is 5.75 Å². The van der Waals surface area contributed by atoms with Gasteiger partial charge in [-0.15, -0.1) is 0 Å². The smallest absolute Gasteiger partial charge is 0.231 e. The first-order valence-corrected chi connectivity index (χ1v) is 7.39. The minimum absolute atomic E-state index is 0.122. The lowest BCUT2D eigenvalue weighted by molar-refractivity contribution is -0.121. The summed E-state index contributed by atoms with van der Waals surface area (Å²) in [6.45, 7) is 0.352. The van der Waals surface area contributed by atoms with Gasteiger partial charge in [-0.05, 0) is 52.2 Å². The zero-order valence-corrected chi connectivity index (χ0v) is 12.7. The molecule has 21 heavy (non-hydrogen) atoms. The van der Waals surface area contributed by atoms with Crippen molar-refractivity contribution in [1.82, 2.24) is 0 Å². The van der Waals surface area contributed by atoms with Crippen LogP contribution in [0.25, 0.3) is 0 Å². The fourth-order valence-corrected chi connectivity index (χ4v) is 2.69. The van der Waals surface area contributed by atoms with Gasteiger partial charge in [0.15, 0.2) is 0 Å². The second-order valence-corrected chi connectivity index (χ2v) is 5.79. The first-order valence-electron chi connectivity index (χ1n) is 6.60. The molecule has 1 N–H and O–H groups in total. The zero-order valence-electron chi connectivity index (χ0n) is 11.1. The molecule has 1 aliphatic heterocycles. The number of nitrogens with one attached hydrogen (secondary N) is 1. The van der Waals surface area contributed by atoms with Crippen molar-refractivity contribution in [1.29, 1.82) is 0 Å². The number of anilines is 1. The monoisotopic (exact) mass is 349 g/mol. The number of para-hydroxylation sites is 1. The largest absolute Gasteiger partial charge is 0.492 e. The molecule has 1 amide bonds. The summed E-state index contributed by atoms with van der Waals surface area (Å²) >= 11 is 3.10. The molecule has 0 spiro atoms. The normalized spacial score (nSPS) is 16.8. The summed E-state index contributed by atoms with van der Waals surface area (Å²) in [5, 5.41) is 2.79. The summed E-state index contributed by atoms with van der Waals surface area (Å²) in [5.74, 6) is 0.112. The van der Waals surface area contributed by atoms with Gasteiger partial charge in [0, 0.05) is 5.69 Å². The molecule has 0 radical (unpaired) electrons. The van der Waals surface area contributed by atoms with E-state index in [9.17, 15) is 9.18 Å². The highest BCUT2D eigenvalue weighted by molar-refractivity contribution is 9.10. The van der Waals surface area contributed by atoms with E-state index in [1.807, 2.05) is 24.3 Å². The Bertz CT molecular complexity index is 690. The van der Waals surface area contributed by atoms with Crippen LogP contribution in [0.1, 0.15) is 5.56 Å². The number of amides is 1. The van der Waals surface area contributed by atoms with Crippen molar-refractivity contribution in [2.45, 2.75) is 6.42 Å². The van der Waals surface area contributed by atoms with E-state index < -0.39 is 0 Å². The molecule has 0 aliphatic carbocycles. The molecule has 3 rings (SSSR count). The minimum atomic E-state index is -0.358. The second kappa shape index (κ2) is 5.85. The number of hydrogen-bond acceptors (Lipinski definition) is 2. The zero-order chi connectivity index (χ0) is 14.8. The summed E-state index contributed by atoms with van der Waals surface area (Å²) in [5.41, 5.74) is 1.59. The van der Waals surface area contributed by atoms with Crippen LogP contribution < -0.4 is 10.1 Å². The summed E-state index contributed by atoms with van der Waals surface area (Å²) in [4.78, 5) is 12.3. The minimum Gasteiger partial charge on any atom is -0.492 e. The van der Waals surface area contributed by atoms with Crippen LogP contribution in [0.4, 0.5) is 10.1 Å². The van der Waals surface area contributed by atoms with E-state index >= 15 is 0 Å². The number of ether oxygens (including phenoxy) is 1. The molecule has 0 saturated heterocycles. The predicted molar refractivity (Wildman–Crippen MR) is 81.9 cm³/mol. The Morgan fingerprint density at radius 2 is 2.10 bits per heavy atom. The Kier molecular flexibility index (Phi) is 3.92. The van der Waals surface area contributed by atoms with Crippen molar-refractivity contribution in [3.05, 3.63) is 58.3 Å². The van der Waals surface area contributed by atoms with E-state index in [1.54, 1.807) is 6.07 Å². The standard InChI is InChI=1S/C16H13BrFNO2/c17-13-8-12(5-6-14(13)18)19-16(20)11-7-10-3-1-2-4-15(10)21-9-11/h1-6,8,11H,7,9H2,(H,19,20). The molecule has 5 heteroatoms. The van der Waals surface area contributed by atoms with Crippen LogP contribution in [-0.4, -0.2) is 12.5 Å². The molecular weight excluding hydrogens is 337 g/mol. The number of carbonyl (C=O) groups is 1. The Morgan fingerprint density at radius 3 is 2.90 bits per heavy atom. The molecule has 2 aromatic carbocycles. The Labute approximate surface area is 130 Å². The van der Waals surface area contributed by atoms with Crippen LogP contribution >= 0.6 is 15.9 Å². The highest BCUT2D eigenvalue weighted by Crippen LogP contribution is 2.28. The van der Waals surface area contributed by atoms with Crippen LogP contribution in [-0.2, 0) is 11.2 Å². The van der Waals surface area contributed by atoms with Crippen molar-refractivity contribution in [3.63, 3.8) is 0 Å². The van der Waals surface area contributed by atoms with E-state index in [2.05, 4.69) is 21.2 Å². The number of fused-ring (bicyclic) bond motifs is 1. The fraction of sp³-hybridized carbons (Fsp3) is 0.188. The quantitative estimate of drug-likeness (QED) is 0.895. The van der Waals surface area contributed by atoms with Gasteiger partial charge in [0.1, 0.15) is 18.2 Å². The van der Waals surface area contributed by atoms with Crippen LogP contribution in [0.3, 0.4) is 0 Å². The first kappa shape index (κ1) is 14.1. The molecule has 1 aliphatic rings. The van der Waals surface area contributed by atoms with Gasteiger partial charge in [-0.3, -0.25) is 4.79 Å². The van der Waals surface area contributed by atoms with Gasteiger partial charge >= 0.3 is 0 Å². The number of halogens is 2. The maximum Gasteiger partial charge on any atom is 0.231 e. The van der Waals surface area contributed by atoms with E-state index in [-0.39, 0.29) is 17.6 Å². The Balaban J connectivity index is 1.70. The number of rotatable bonds is 2. The third kappa shape index (κ3) is 3.08. The maximum absolute atomic E-state index is 13.2. The van der Waals surface area contributed by atoms with Crippen LogP contribution in [0.2, 0.25) is 0 Å². The van der Waals surface area contributed by atoms with Crippen molar-refractivity contribution in [3.8, 4) is 5.75 Å². The van der Waals surface area contributed by atoms with E-state index in [0.29, 0.717) is 23.2 Å². The third-order valence-corrected chi connectivity index (χ3v) is 4.04. The van der Waals surface area contributed by atoms with Gasteiger partial charge in [0.25, 0.3) is 0 Å². The lowest BCUT2D eigenvalue weighted by Crippen LogP contribution is -2.32. The summed E-state index contributed by atoms with van der Waals surface area (Å²) in [6.07, 6.45) is 0.643. The van der Waals surface area contributed by atoms with E-state index in [4.69, 9.17) is 4.74 Å². The van der Waals surface area contributed by atoms with Crippen molar-refractivity contribution in [2.75, 3.05) is 11.9 Å². The topological polar surface area (TPSA) is 38.3 Å². The SMILES string of the molecule is O=C(Nc1ccc(F)c(Br)c1)C1COc2ccccc2C1.